The first-order valence-electron chi connectivity index (χ1n) is 8.65. The van der Waals surface area contributed by atoms with Gasteiger partial charge in [0, 0.05) is 35.9 Å². The number of hydrogen-bond donors (Lipinski definition) is 2. The van der Waals surface area contributed by atoms with Crippen LogP contribution >= 0.6 is 11.6 Å². The molecule has 130 valence electrons. The summed E-state index contributed by atoms with van der Waals surface area (Å²) in [5, 5.41) is 6.12. The molecule has 5 nitrogen and oxygen atoms in total. The minimum absolute atomic E-state index is 0.0650. The molecule has 2 amide bonds. The molecule has 1 atom stereocenters. The Bertz CT molecular complexity index is 629. The van der Waals surface area contributed by atoms with Gasteiger partial charge in [-0.3, -0.25) is 14.5 Å². The van der Waals surface area contributed by atoms with Gasteiger partial charge in [-0.1, -0.05) is 24.4 Å². The number of benzene rings is 1. The van der Waals surface area contributed by atoms with Crippen molar-refractivity contribution in [1.29, 1.82) is 0 Å². The Morgan fingerprint density at radius 2 is 1.92 bits per heavy atom. The molecule has 24 heavy (non-hydrogen) atoms. The third-order valence-corrected chi connectivity index (χ3v) is 5.27. The van der Waals surface area contributed by atoms with Crippen LogP contribution in [0.5, 0.6) is 0 Å². The molecule has 0 spiro atoms. The molecule has 1 aliphatic carbocycles. The molecule has 3 rings (SSSR count). The molecule has 1 saturated carbocycles. The summed E-state index contributed by atoms with van der Waals surface area (Å²) < 4.78 is 0. The molecule has 1 aromatic rings. The van der Waals surface area contributed by atoms with Crippen LogP contribution in [0.1, 0.15) is 37.7 Å². The monoisotopic (exact) mass is 349 g/mol. The first-order valence-corrected chi connectivity index (χ1v) is 9.03. The van der Waals surface area contributed by atoms with Crippen molar-refractivity contribution >= 4 is 29.1 Å². The summed E-state index contributed by atoms with van der Waals surface area (Å²) in [6, 6.07) is 5.89. The normalized spacial score (nSPS) is 21.8. The molecule has 2 fully saturated rings. The second-order valence-electron chi connectivity index (χ2n) is 6.81. The van der Waals surface area contributed by atoms with Gasteiger partial charge in [0.2, 0.25) is 0 Å². The quantitative estimate of drug-likeness (QED) is 0.825. The fourth-order valence-electron chi connectivity index (χ4n) is 3.70. The fourth-order valence-corrected chi connectivity index (χ4v) is 3.93. The first-order chi connectivity index (χ1) is 11.5. The number of nitrogens with zero attached hydrogens (tertiary/aromatic N) is 1. The number of halogens is 1. The lowest BCUT2D eigenvalue weighted by Gasteiger charge is -2.23. The predicted octanol–water partition coefficient (Wildman–Crippen LogP) is 2.72. The number of rotatable bonds is 3. The molecule has 0 bridgehead atoms. The summed E-state index contributed by atoms with van der Waals surface area (Å²) in [5.41, 5.74) is 1.44. The van der Waals surface area contributed by atoms with E-state index in [1.54, 1.807) is 18.2 Å². The summed E-state index contributed by atoms with van der Waals surface area (Å²) in [4.78, 5) is 26.7. The van der Waals surface area contributed by atoms with Crippen LogP contribution in [-0.2, 0) is 9.59 Å². The molecular weight excluding hydrogens is 326 g/mol. The van der Waals surface area contributed by atoms with Crippen LogP contribution in [0.25, 0.3) is 0 Å². The third kappa shape index (κ3) is 4.08. The second-order valence-corrected chi connectivity index (χ2v) is 7.24. The van der Waals surface area contributed by atoms with Crippen molar-refractivity contribution < 1.29 is 9.59 Å². The Hall–Kier alpha value is -1.59. The molecule has 0 aromatic heterocycles. The van der Waals surface area contributed by atoms with Crippen LogP contribution < -0.4 is 10.6 Å². The van der Waals surface area contributed by atoms with Crippen LogP contribution in [0.4, 0.5) is 5.69 Å². The number of carbonyl (C=O) groups excluding carboxylic acids is 2. The van der Waals surface area contributed by atoms with Crippen LogP contribution in [0.2, 0.25) is 5.02 Å². The zero-order valence-corrected chi connectivity index (χ0v) is 14.7. The maximum Gasteiger partial charge on any atom is 0.313 e. The Labute approximate surface area is 147 Å². The lowest BCUT2D eigenvalue weighted by Crippen LogP contribution is -2.44. The fraction of sp³-hybridized carbons (Fsp3) is 0.556. The molecule has 2 N–H and O–H groups in total. The van der Waals surface area contributed by atoms with Gasteiger partial charge >= 0.3 is 11.8 Å². The lowest BCUT2D eigenvalue weighted by atomic mass is 10.2. The smallest absolute Gasteiger partial charge is 0.313 e. The molecule has 0 radical (unpaired) electrons. The lowest BCUT2D eigenvalue weighted by molar-refractivity contribution is -0.136. The van der Waals surface area contributed by atoms with E-state index >= 15 is 0 Å². The van der Waals surface area contributed by atoms with Crippen molar-refractivity contribution in [2.45, 2.75) is 51.1 Å². The average molecular weight is 350 g/mol. The Morgan fingerprint density at radius 1 is 1.17 bits per heavy atom. The van der Waals surface area contributed by atoms with E-state index in [2.05, 4.69) is 15.5 Å². The van der Waals surface area contributed by atoms with Gasteiger partial charge in [-0.15, -0.1) is 0 Å². The van der Waals surface area contributed by atoms with Crippen molar-refractivity contribution in [3.8, 4) is 0 Å². The van der Waals surface area contributed by atoms with E-state index in [0.717, 1.165) is 25.1 Å². The minimum Gasteiger partial charge on any atom is -0.344 e. The zero-order chi connectivity index (χ0) is 17.1. The van der Waals surface area contributed by atoms with Gasteiger partial charge in [0.05, 0.1) is 0 Å². The van der Waals surface area contributed by atoms with E-state index in [1.165, 1.54) is 25.7 Å². The summed E-state index contributed by atoms with van der Waals surface area (Å²) in [7, 11) is 0. The van der Waals surface area contributed by atoms with Crippen molar-refractivity contribution in [2.24, 2.45) is 0 Å². The predicted molar refractivity (Wildman–Crippen MR) is 95.2 cm³/mol. The topological polar surface area (TPSA) is 61.4 Å². The van der Waals surface area contributed by atoms with Crippen molar-refractivity contribution in [2.75, 3.05) is 18.4 Å². The van der Waals surface area contributed by atoms with Crippen LogP contribution in [0.15, 0.2) is 18.2 Å². The van der Waals surface area contributed by atoms with Gasteiger partial charge < -0.3 is 10.6 Å². The highest BCUT2D eigenvalue weighted by molar-refractivity contribution is 6.39. The number of carbonyl (C=O) groups is 2. The largest absolute Gasteiger partial charge is 0.344 e. The number of amides is 2. The van der Waals surface area contributed by atoms with E-state index in [0.29, 0.717) is 16.8 Å². The van der Waals surface area contributed by atoms with Crippen LogP contribution in [0, 0.1) is 6.92 Å². The van der Waals surface area contributed by atoms with E-state index in [4.69, 9.17) is 11.6 Å². The van der Waals surface area contributed by atoms with Gasteiger partial charge in [-0.05, 0) is 49.9 Å². The highest BCUT2D eigenvalue weighted by atomic mass is 35.5. The summed E-state index contributed by atoms with van der Waals surface area (Å²) in [6.07, 6.45) is 6.05. The van der Waals surface area contributed by atoms with Crippen molar-refractivity contribution in [1.82, 2.24) is 10.2 Å². The second kappa shape index (κ2) is 7.53. The van der Waals surface area contributed by atoms with Gasteiger partial charge in [-0.2, -0.15) is 0 Å². The van der Waals surface area contributed by atoms with Crippen LogP contribution in [-0.4, -0.2) is 41.9 Å². The first kappa shape index (κ1) is 17.2. The third-order valence-electron chi connectivity index (χ3n) is 5.04. The molecule has 0 unspecified atom stereocenters. The Morgan fingerprint density at radius 3 is 2.62 bits per heavy atom. The van der Waals surface area contributed by atoms with E-state index in [1.807, 2.05) is 6.92 Å². The van der Waals surface area contributed by atoms with Crippen LogP contribution in [0.3, 0.4) is 0 Å². The highest BCUT2D eigenvalue weighted by Gasteiger charge is 2.31. The summed E-state index contributed by atoms with van der Waals surface area (Å²) in [6.45, 7) is 3.70. The van der Waals surface area contributed by atoms with Crippen molar-refractivity contribution in [3.63, 3.8) is 0 Å². The Balaban J connectivity index is 1.50. The average Bonchev–Trinajstić information content (AvgIpc) is 3.20. The zero-order valence-electron chi connectivity index (χ0n) is 14.0. The molecule has 6 heteroatoms. The minimum atomic E-state index is -0.625. The molecular formula is C18H24ClN3O2. The maximum absolute atomic E-state index is 12.1. The molecule has 1 heterocycles. The number of anilines is 1. The standard InChI is InChI=1S/C18H24ClN3O2/c1-12-10-13(19)6-7-16(12)21-18(24)17(23)20-14-8-9-22(11-14)15-4-2-3-5-15/h6-7,10,14-15H,2-5,8-9,11H2,1H3,(H,20,23)(H,21,24)/t14-/m0/s1. The Kier molecular flexibility index (Phi) is 5.41. The SMILES string of the molecule is Cc1cc(Cl)ccc1NC(=O)C(=O)N[C@H]1CCN(C2CCCC2)C1. The molecule has 1 saturated heterocycles. The number of likely N-dealkylation sites (tertiary alicyclic amines) is 1. The number of hydrogen-bond acceptors (Lipinski definition) is 3. The van der Waals surface area contributed by atoms with E-state index in [-0.39, 0.29) is 6.04 Å². The molecule has 1 aromatic carbocycles. The van der Waals surface area contributed by atoms with Gasteiger partial charge in [0.15, 0.2) is 0 Å². The summed E-state index contributed by atoms with van der Waals surface area (Å²) in [5.74, 6) is -1.19. The maximum atomic E-state index is 12.1. The van der Waals surface area contributed by atoms with E-state index < -0.39 is 11.8 Å². The summed E-state index contributed by atoms with van der Waals surface area (Å²) >= 11 is 5.90. The van der Waals surface area contributed by atoms with Gasteiger partial charge in [0.1, 0.15) is 0 Å². The molecule has 2 aliphatic rings. The van der Waals surface area contributed by atoms with Crippen molar-refractivity contribution in [3.05, 3.63) is 28.8 Å². The number of nitrogens with one attached hydrogen (secondary N) is 2. The number of aryl methyl sites for hydroxylation is 1. The van der Waals surface area contributed by atoms with Gasteiger partial charge in [-0.25, -0.2) is 0 Å². The highest BCUT2D eigenvalue weighted by Crippen LogP contribution is 2.26. The molecule has 1 aliphatic heterocycles. The van der Waals surface area contributed by atoms with Gasteiger partial charge in [0.25, 0.3) is 0 Å². The van der Waals surface area contributed by atoms with E-state index in [9.17, 15) is 9.59 Å².